The second-order valence-corrected chi connectivity index (χ2v) is 4.47. The Kier molecular flexibility index (Phi) is 2.91. The van der Waals surface area contributed by atoms with Crippen LogP contribution in [0.1, 0.15) is 24.6 Å². The number of nitrogens with two attached hydrogens (primary N) is 1. The van der Waals surface area contributed by atoms with Gasteiger partial charge in [-0.3, -0.25) is 4.98 Å². The molecule has 2 N–H and O–H groups in total. The van der Waals surface area contributed by atoms with Crippen molar-refractivity contribution in [3.63, 3.8) is 0 Å². The summed E-state index contributed by atoms with van der Waals surface area (Å²) in [5.41, 5.74) is 9.85. The van der Waals surface area contributed by atoms with Crippen LogP contribution in [0, 0.1) is 0 Å². The standard InChI is InChI=1S/C12H19N3/c1-9(13)8-15(2)12-6-7-14-11-5-3-4-10(11)12/h6-7,9H,3-5,8,13H2,1-2H3. The molecule has 0 spiro atoms. The largest absolute Gasteiger partial charge is 0.373 e. The fourth-order valence-electron chi connectivity index (χ4n) is 2.33. The minimum Gasteiger partial charge on any atom is -0.373 e. The summed E-state index contributed by atoms with van der Waals surface area (Å²) in [4.78, 5) is 6.67. The molecule has 0 aromatic carbocycles. The first-order valence-electron chi connectivity index (χ1n) is 5.62. The molecule has 82 valence electrons. The molecule has 0 saturated carbocycles. The first-order valence-corrected chi connectivity index (χ1v) is 5.62. The van der Waals surface area contributed by atoms with Crippen molar-refractivity contribution in [2.24, 2.45) is 5.73 Å². The van der Waals surface area contributed by atoms with Crippen LogP contribution in [0.25, 0.3) is 0 Å². The average molecular weight is 205 g/mol. The Labute approximate surface area is 91.3 Å². The summed E-state index contributed by atoms with van der Waals surface area (Å²) < 4.78 is 0. The number of hydrogen-bond donors (Lipinski definition) is 1. The predicted octanol–water partition coefficient (Wildman–Crippen LogP) is 1.35. The lowest BCUT2D eigenvalue weighted by atomic mass is 10.1. The van der Waals surface area contributed by atoms with Gasteiger partial charge in [-0.15, -0.1) is 0 Å². The van der Waals surface area contributed by atoms with Crippen LogP contribution in [0.4, 0.5) is 5.69 Å². The zero-order chi connectivity index (χ0) is 10.8. The van der Waals surface area contributed by atoms with Gasteiger partial charge in [-0.05, 0) is 37.8 Å². The zero-order valence-electron chi connectivity index (χ0n) is 9.53. The molecule has 0 amide bonds. The highest BCUT2D eigenvalue weighted by atomic mass is 15.1. The van der Waals surface area contributed by atoms with Crippen LogP contribution >= 0.6 is 0 Å². The van der Waals surface area contributed by atoms with Gasteiger partial charge in [0, 0.05) is 37.2 Å². The minimum absolute atomic E-state index is 0.209. The maximum atomic E-state index is 5.82. The van der Waals surface area contributed by atoms with Crippen molar-refractivity contribution in [2.45, 2.75) is 32.2 Å². The highest BCUT2D eigenvalue weighted by molar-refractivity contribution is 5.55. The molecule has 0 fully saturated rings. The van der Waals surface area contributed by atoms with Crippen LogP contribution < -0.4 is 10.6 Å². The van der Waals surface area contributed by atoms with Crippen molar-refractivity contribution < 1.29 is 0 Å². The molecular formula is C12H19N3. The highest BCUT2D eigenvalue weighted by Crippen LogP contribution is 2.28. The van der Waals surface area contributed by atoms with E-state index in [1.54, 1.807) is 0 Å². The number of fused-ring (bicyclic) bond motifs is 1. The normalized spacial score (nSPS) is 16.2. The van der Waals surface area contributed by atoms with E-state index in [4.69, 9.17) is 5.73 Å². The highest BCUT2D eigenvalue weighted by Gasteiger charge is 2.17. The molecule has 0 radical (unpaired) electrons. The predicted molar refractivity (Wildman–Crippen MR) is 63.2 cm³/mol. The number of aromatic nitrogens is 1. The summed E-state index contributed by atoms with van der Waals surface area (Å²) in [6.07, 6.45) is 5.46. The molecular weight excluding hydrogens is 186 g/mol. The molecule has 3 heteroatoms. The van der Waals surface area contributed by atoms with Gasteiger partial charge >= 0.3 is 0 Å². The minimum atomic E-state index is 0.209. The first-order chi connectivity index (χ1) is 7.18. The molecule has 1 aliphatic rings. The molecule has 1 aromatic rings. The van der Waals surface area contributed by atoms with E-state index in [1.165, 1.54) is 29.8 Å². The van der Waals surface area contributed by atoms with E-state index in [9.17, 15) is 0 Å². The topological polar surface area (TPSA) is 42.1 Å². The molecule has 1 aliphatic carbocycles. The lowest BCUT2D eigenvalue weighted by Crippen LogP contribution is -2.33. The summed E-state index contributed by atoms with van der Waals surface area (Å²) in [6.45, 7) is 2.94. The summed E-state index contributed by atoms with van der Waals surface area (Å²) in [5, 5.41) is 0. The van der Waals surface area contributed by atoms with Crippen LogP contribution in [0.15, 0.2) is 12.3 Å². The Balaban J connectivity index is 2.24. The summed E-state index contributed by atoms with van der Waals surface area (Å²) in [6, 6.07) is 2.31. The molecule has 0 aliphatic heterocycles. The molecule has 15 heavy (non-hydrogen) atoms. The van der Waals surface area contributed by atoms with Crippen LogP contribution in [0.3, 0.4) is 0 Å². The van der Waals surface area contributed by atoms with Gasteiger partial charge < -0.3 is 10.6 Å². The molecule has 0 saturated heterocycles. The Bertz CT molecular complexity index is 347. The molecule has 3 nitrogen and oxygen atoms in total. The average Bonchev–Trinajstić information content (AvgIpc) is 2.63. The number of likely N-dealkylation sites (N-methyl/N-ethyl adjacent to an activating group) is 1. The van der Waals surface area contributed by atoms with E-state index < -0.39 is 0 Å². The third kappa shape index (κ3) is 2.12. The number of nitrogens with zero attached hydrogens (tertiary/aromatic N) is 2. The van der Waals surface area contributed by atoms with Crippen LogP contribution in [0.5, 0.6) is 0 Å². The third-order valence-corrected chi connectivity index (χ3v) is 2.93. The Morgan fingerprint density at radius 3 is 3.07 bits per heavy atom. The van der Waals surface area contributed by atoms with Gasteiger partial charge in [-0.1, -0.05) is 0 Å². The molecule has 0 bridgehead atoms. The number of pyridine rings is 1. The van der Waals surface area contributed by atoms with E-state index in [2.05, 4.69) is 23.0 Å². The lowest BCUT2D eigenvalue weighted by Gasteiger charge is -2.23. The molecule has 1 unspecified atom stereocenters. The van der Waals surface area contributed by atoms with Gasteiger partial charge in [0.05, 0.1) is 0 Å². The van der Waals surface area contributed by atoms with E-state index in [-0.39, 0.29) is 6.04 Å². The van der Waals surface area contributed by atoms with Crippen molar-refractivity contribution in [3.05, 3.63) is 23.5 Å². The Hall–Kier alpha value is -1.09. The first kappa shape index (κ1) is 10.4. The van der Waals surface area contributed by atoms with Gasteiger partial charge in [0.15, 0.2) is 0 Å². The number of hydrogen-bond acceptors (Lipinski definition) is 3. The summed E-state index contributed by atoms with van der Waals surface area (Å²) in [7, 11) is 2.11. The van der Waals surface area contributed by atoms with Crippen molar-refractivity contribution in [1.29, 1.82) is 0 Å². The van der Waals surface area contributed by atoms with Crippen molar-refractivity contribution in [1.82, 2.24) is 4.98 Å². The summed E-state index contributed by atoms with van der Waals surface area (Å²) in [5.74, 6) is 0. The number of anilines is 1. The summed E-state index contributed by atoms with van der Waals surface area (Å²) >= 11 is 0. The van der Waals surface area contributed by atoms with Gasteiger partial charge in [0.1, 0.15) is 0 Å². The van der Waals surface area contributed by atoms with Crippen LogP contribution in [-0.4, -0.2) is 24.6 Å². The molecule has 1 atom stereocenters. The van der Waals surface area contributed by atoms with Gasteiger partial charge in [0.25, 0.3) is 0 Å². The fraction of sp³-hybridized carbons (Fsp3) is 0.583. The van der Waals surface area contributed by atoms with Crippen molar-refractivity contribution in [3.8, 4) is 0 Å². The number of rotatable bonds is 3. The smallest absolute Gasteiger partial charge is 0.0456 e. The van der Waals surface area contributed by atoms with Crippen LogP contribution in [-0.2, 0) is 12.8 Å². The zero-order valence-corrected chi connectivity index (χ0v) is 9.53. The molecule has 2 rings (SSSR count). The SMILES string of the molecule is CC(N)CN(C)c1ccnc2c1CCC2. The van der Waals surface area contributed by atoms with E-state index in [0.717, 1.165) is 13.0 Å². The monoisotopic (exact) mass is 205 g/mol. The Morgan fingerprint density at radius 2 is 2.33 bits per heavy atom. The van der Waals surface area contributed by atoms with Gasteiger partial charge in [-0.25, -0.2) is 0 Å². The Morgan fingerprint density at radius 1 is 1.53 bits per heavy atom. The fourth-order valence-corrected chi connectivity index (χ4v) is 2.33. The second kappa shape index (κ2) is 4.19. The third-order valence-electron chi connectivity index (χ3n) is 2.93. The van der Waals surface area contributed by atoms with E-state index >= 15 is 0 Å². The quantitative estimate of drug-likeness (QED) is 0.810. The van der Waals surface area contributed by atoms with Gasteiger partial charge in [0.2, 0.25) is 0 Å². The maximum Gasteiger partial charge on any atom is 0.0456 e. The van der Waals surface area contributed by atoms with Crippen molar-refractivity contribution >= 4 is 5.69 Å². The van der Waals surface area contributed by atoms with E-state index in [1.807, 2.05) is 13.1 Å². The maximum absolute atomic E-state index is 5.82. The van der Waals surface area contributed by atoms with E-state index in [0.29, 0.717) is 0 Å². The van der Waals surface area contributed by atoms with Crippen LogP contribution in [0.2, 0.25) is 0 Å². The molecule has 1 aromatic heterocycles. The number of aryl methyl sites for hydroxylation is 1. The van der Waals surface area contributed by atoms with Crippen molar-refractivity contribution in [2.75, 3.05) is 18.5 Å². The molecule has 1 heterocycles. The van der Waals surface area contributed by atoms with Gasteiger partial charge in [-0.2, -0.15) is 0 Å². The second-order valence-electron chi connectivity index (χ2n) is 4.47. The lowest BCUT2D eigenvalue weighted by molar-refractivity contribution is 0.715.